The van der Waals surface area contributed by atoms with Crippen molar-refractivity contribution in [2.75, 3.05) is 0 Å². The highest BCUT2D eigenvalue weighted by molar-refractivity contribution is 7.24. The first-order valence-corrected chi connectivity index (χ1v) is 17.1. The van der Waals surface area contributed by atoms with Crippen LogP contribution >= 0.6 is 22.7 Å². The molecule has 9 aromatic carbocycles. The van der Waals surface area contributed by atoms with Gasteiger partial charge >= 0.3 is 0 Å². The molecule has 0 nitrogen and oxygen atoms in total. The molecule has 45 heavy (non-hydrogen) atoms. The van der Waals surface area contributed by atoms with Gasteiger partial charge in [-0.15, -0.1) is 22.7 Å². The molecule has 0 saturated heterocycles. The maximum absolute atomic E-state index is 2.48. The van der Waals surface area contributed by atoms with Gasteiger partial charge in [0, 0.05) is 40.7 Å². The summed E-state index contributed by atoms with van der Waals surface area (Å²) in [5.74, 6) is 0. The average molecular weight is 605 g/mol. The van der Waals surface area contributed by atoms with Crippen molar-refractivity contribution in [3.05, 3.63) is 133 Å². The Bertz CT molecular complexity index is 2880. The molecule has 0 N–H and O–H groups in total. The van der Waals surface area contributed by atoms with E-state index in [1.807, 2.05) is 22.7 Å². The van der Waals surface area contributed by atoms with Crippen molar-refractivity contribution in [2.45, 2.75) is 6.92 Å². The fourth-order valence-corrected chi connectivity index (χ4v) is 10.3. The second-order valence-electron chi connectivity index (χ2n) is 12.5. The standard InChI is InChI=1S/C43H24S2/c1-23-7-9-26(10-8-23)36-21-32-30-17-15-29-20-35-41-31(18-16-28-19-34(42(32)44-36)40(30)38(29)39(28)41)33-22-37(45-43(33)35)27-13-11-25(12-14-27)24-5-3-2-4-6-24/h2-22H,1H3. The van der Waals surface area contributed by atoms with Crippen LogP contribution in [-0.2, 0) is 0 Å². The first-order chi connectivity index (χ1) is 22.2. The predicted octanol–water partition coefficient (Wildman–Crippen LogP) is 13.5. The van der Waals surface area contributed by atoms with Crippen LogP contribution in [0.25, 0.3) is 106 Å². The zero-order valence-electron chi connectivity index (χ0n) is 24.4. The largest absolute Gasteiger partial charge is 0.135 e. The number of hydrogen-bond acceptors (Lipinski definition) is 2. The van der Waals surface area contributed by atoms with Gasteiger partial charge in [0.25, 0.3) is 0 Å². The Morgan fingerprint density at radius 2 is 0.822 bits per heavy atom. The predicted molar refractivity (Wildman–Crippen MR) is 199 cm³/mol. The fourth-order valence-electron chi connectivity index (χ4n) is 7.88. The lowest BCUT2D eigenvalue weighted by Gasteiger charge is -2.12. The van der Waals surface area contributed by atoms with Gasteiger partial charge in [0.05, 0.1) is 0 Å². The maximum atomic E-state index is 2.48. The third-order valence-corrected chi connectivity index (χ3v) is 12.4. The monoisotopic (exact) mass is 604 g/mol. The molecule has 0 aliphatic rings. The molecule has 11 rings (SSSR count). The molecular formula is C43H24S2. The van der Waals surface area contributed by atoms with E-state index in [1.54, 1.807) is 0 Å². The molecular weight excluding hydrogens is 581 g/mol. The third-order valence-electron chi connectivity index (χ3n) is 10.0. The summed E-state index contributed by atoms with van der Waals surface area (Å²) in [6.45, 7) is 2.15. The molecule has 0 spiro atoms. The van der Waals surface area contributed by atoms with Gasteiger partial charge in [-0.25, -0.2) is 0 Å². The Kier molecular flexibility index (Phi) is 4.63. The molecule has 0 amide bonds. The number of aryl methyl sites for hydroxylation is 1. The maximum Gasteiger partial charge on any atom is 0.0434 e. The Labute approximate surface area is 267 Å². The second kappa shape index (κ2) is 8.57. The van der Waals surface area contributed by atoms with Gasteiger partial charge in [-0.1, -0.05) is 109 Å². The molecule has 0 aliphatic heterocycles. The quantitative estimate of drug-likeness (QED) is 0.176. The molecule has 0 atom stereocenters. The fraction of sp³-hybridized carbons (Fsp3) is 0.0233. The van der Waals surface area contributed by atoms with Gasteiger partial charge in [0.15, 0.2) is 0 Å². The minimum absolute atomic E-state index is 1.26. The molecule has 2 aromatic heterocycles. The number of rotatable bonds is 3. The van der Waals surface area contributed by atoms with E-state index < -0.39 is 0 Å². The molecule has 2 heterocycles. The summed E-state index contributed by atoms with van der Waals surface area (Å²) in [6.07, 6.45) is 0. The van der Waals surface area contributed by atoms with Crippen LogP contribution in [0.2, 0.25) is 0 Å². The molecule has 208 valence electrons. The second-order valence-corrected chi connectivity index (χ2v) is 14.6. The van der Waals surface area contributed by atoms with E-state index >= 15 is 0 Å². The van der Waals surface area contributed by atoms with E-state index in [1.165, 1.54) is 112 Å². The Hall–Kier alpha value is -5.02. The summed E-state index contributed by atoms with van der Waals surface area (Å²) in [5, 5.41) is 16.8. The van der Waals surface area contributed by atoms with E-state index in [4.69, 9.17) is 0 Å². The van der Waals surface area contributed by atoms with Crippen molar-refractivity contribution in [3.8, 4) is 32.0 Å². The van der Waals surface area contributed by atoms with Crippen molar-refractivity contribution in [2.24, 2.45) is 0 Å². The van der Waals surface area contributed by atoms with Gasteiger partial charge in [0.2, 0.25) is 0 Å². The van der Waals surface area contributed by atoms with Crippen molar-refractivity contribution in [1.82, 2.24) is 0 Å². The van der Waals surface area contributed by atoms with E-state index in [2.05, 4.69) is 134 Å². The van der Waals surface area contributed by atoms with E-state index in [0.717, 1.165) is 0 Å². The summed E-state index contributed by atoms with van der Waals surface area (Å²) in [7, 11) is 0. The van der Waals surface area contributed by atoms with E-state index in [0.29, 0.717) is 0 Å². The molecule has 0 unspecified atom stereocenters. The van der Waals surface area contributed by atoms with Crippen molar-refractivity contribution in [3.63, 3.8) is 0 Å². The molecule has 0 saturated carbocycles. The van der Waals surface area contributed by atoms with Crippen LogP contribution < -0.4 is 0 Å². The first-order valence-electron chi connectivity index (χ1n) is 15.5. The van der Waals surface area contributed by atoms with Crippen LogP contribution in [-0.4, -0.2) is 0 Å². The smallest absolute Gasteiger partial charge is 0.0434 e. The van der Waals surface area contributed by atoms with Gasteiger partial charge in [-0.3, -0.25) is 0 Å². The Morgan fingerprint density at radius 3 is 1.36 bits per heavy atom. The van der Waals surface area contributed by atoms with Gasteiger partial charge < -0.3 is 0 Å². The zero-order chi connectivity index (χ0) is 29.4. The number of fused-ring (bicyclic) bond motifs is 6. The summed E-state index contributed by atoms with van der Waals surface area (Å²) in [6, 6.07) is 47.9. The zero-order valence-corrected chi connectivity index (χ0v) is 26.1. The highest BCUT2D eigenvalue weighted by Gasteiger charge is 2.24. The summed E-state index contributed by atoms with van der Waals surface area (Å²) in [4.78, 5) is 2.68. The molecule has 2 heteroatoms. The normalized spacial score (nSPS) is 12.6. The average Bonchev–Trinajstić information content (AvgIpc) is 3.84. The topological polar surface area (TPSA) is 0 Å². The lowest BCUT2D eigenvalue weighted by Crippen LogP contribution is -1.84. The van der Waals surface area contributed by atoms with E-state index in [9.17, 15) is 0 Å². The number of benzene rings is 7. The number of hydrogen-bond donors (Lipinski definition) is 0. The van der Waals surface area contributed by atoms with Crippen molar-refractivity contribution in [1.29, 1.82) is 0 Å². The van der Waals surface area contributed by atoms with Crippen LogP contribution in [0.15, 0.2) is 127 Å². The van der Waals surface area contributed by atoms with E-state index in [-0.39, 0.29) is 0 Å². The van der Waals surface area contributed by atoms with Crippen LogP contribution in [0.5, 0.6) is 0 Å². The lowest BCUT2D eigenvalue weighted by molar-refractivity contribution is 1.48. The Morgan fingerprint density at radius 1 is 0.356 bits per heavy atom. The van der Waals surface area contributed by atoms with Crippen LogP contribution in [0.4, 0.5) is 0 Å². The molecule has 0 radical (unpaired) electrons. The van der Waals surface area contributed by atoms with Crippen LogP contribution in [0.1, 0.15) is 5.56 Å². The summed E-state index contributed by atoms with van der Waals surface area (Å²) < 4.78 is 2.82. The lowest BCUT2D eigenvalue weighted by atomic mass is 9.91. The third kappa shape index (κ3) is 3.20. The molecule has 0 fully saturated rings. The SMILES string of the molecule is Cc1ccc(-c2cc3c4ccc5cc6c7sc(-c8ccc(-c9ccccc9)cc8)cc7c7ccc8cc(c3s2)c4c5c8c76)cc1. The minimum Gasteiger partial charge on any atom is -0.135 e. The van der Waals surface area contributed by atoms with Gasteiger partial charge in [0.1, 0.15) is 0 Å². The first kappa shape index (κ1) is 24.3. The molecule has 0 bridgehead atoms. The number of thiophene rings is 2. The van der Waals surface area contributed by atoms with Gasteiger partial charge in [-0.05, 0) is 96.5 Å². The minimum atomic E-state index is 1.26. The highest BCUT2D eigenvalue weighted by Crippen LogP contribution is 2.53. The molecule has 11 aromatic rings. The van der Waals surface area contributed by atoms with Crippen molar-refractivity contribution < 1.29 is 0 Å². The Balaban J connectivity index is 1.13. The van der Waals surface area contributed by atoms with Crippen LogP contribution in [0.3, 0.4) is 0 Å². The summed E-state index contributed by atoms with van der Waals surface area (Å²) >= 11 is 3.88. The summed E-state index contributed by atoms with van der Waals surface area (Å²) in [5.41, 5.74) is 6.40. The highest BCUT2D eigenvalue weighted by atomic mass is 32.1. The van der Waals surface area contributed by atoms with Gasteiger partial charge in [-0.2, -0.15) is 0 Å². The van der Waals surface area contributed by atoms with Crippen LogP contribution in [0, 0.1) is 6.92 Å². The molecule has 0 aliphatic carbocycles. The van der Waals surface area contributed by atoms with Crippen molar-refractivity contribution >= 4 is 96.7 Å².